The lowest BCUT2D eigenvalue weighted by atomic mass is 9.97. The second-order valence-electron chi connectivity index (χ2n) is 6.21. The summed E-state index contributed by atoms with van der Waals surface area (Å²) in [5.74, 6) is -0.631. The van der Waals surface area contributed by atoms with Crippen LogP contribution in [0.1, 0.15) is 15.9 Å². The van der Waals surface area contributed by atoms with Gasteiger partial charge in [0.05, 0.1) is 11.1 Å². The molecule has 0 unspecified atom stereocenters. The molecule has 0 fully saturated rings. The van der Waals surface area contributed by atoms with Gasteiger partial charge in [-0.25, -0.2) is 5.43 Å². The first kappa shape index (κ1) is 17.4. The summed E-state index contributed by atoms with van der Waals surface area (Å²) in [5, 5.41) is 19.3. The molecule has 1 N–H and O–H groups in total. The molecule has 0 bridgehead atoms. The van der Waals surface area contributed by atoms with Gasteiger partial charge in [0, 0.05) is 11.6 Å². The first-order valence-electron chi connectivity index (χ1n) is 8.62. The molecule has 28 heavy (non-hydrogen) atoms. The van der Waals surface area contributed by atoms with Crippen LogP contribution in [0.5, 0.6) is 0 Å². The Kier molecular flexibility index (Phi) is 4.51. The number of rotatable bonds is 4. The van der Waals surface area contributed by atoms with Gasteiger partial charge in [0.1, 0.15) is 5.56 Å². The van der Waals surface area contributed by atoms with Crippen molar-refractivity contribution in [2.24, 2.45) is 5.10 Å². The standard InChI is InChI=1S/C22H15N3O3/c26-22(19-11-5-6-12-21(19)25(27)28)24-23-14-20-17-9-3-1-7-15(17)13-16-8-2-4-10-18(16)20/h1-14H,(H,24,26)/b23-14+. The number of amides is 1. The highest BCUT2D eigenvalue weighted by atomic mass is 16.6. The second-order valence-corrected chi connectivity index (χ2v) is 6.21. The zero-order valence-electron chi connectivity index (χ0n) is 14.7. The topological polar surface area (TPSA) is 84.6 Å². The fraction of sp³-hybridized carbons (Fsp3) is 0. The van der Waals surface area contributed by atoms with E-state index in [0.29, 0.717) is 0 Å². The molecule has 0 aliphatic heterocycles. The van der Waals surface area contributed by atoms with E-state index in [0.717, 1.165) is 27.1 Å². The maximum Gasteiger partial charge on any atom is 0.282 e. The molecule has 0 atom stereocenters. The number of nitrogens with zero attached hydrogens (tertiary/aromatic N) is 2. The Morgan fingerprint density at radius 3 is 2.11 bits per heavy atom. The molecule has 0 aliphatic rings. The van der Waals surface area contributed by atoms with Gasteiger partial charge in [-0.1, -0.05) is 60.7 Å². The Labute approximate surface area is 160 Å². The van der Waals surface area contributed by atoms with Gasteiger partial charge in [0.15, 0.2) is 0 Å². The number of carbonyl (C=O) groups excluding carboxylic acids is 1. The zero-order chi connectivity index (χ0) is 19.5. The van der Waals surface area contributed by atoms with Gasteiger partial charge in [-0.05, 0) is 33.7 Å². The van der Waals surface area contributed by atoms with Crippen molar-refractivity contribution >= 4 is 39.4 Å². The number of nitrogens with one attached hydrogen (secondary N) is 1. The lowest BCUT2D eigenvalue weighted by Crippen LogP contribution is -2.19. The zero-order valence-corrected chi connectivity index (χ0v) is 14.7. The molecular weight excluding hydrogens is 354 g/mol. The van der Waals surface area contributed by atoms with Gasteiger partial charge in [-0.3, -0.25) is 14.9 Å². The minimum atomic E-state index is -0.631. The van der Waals surface area contributed by atoms with Gasteiger partial charge in [0.2, 0.25) is 0 Å². The highest BCUT2D eigenvalue weighted by molar-refractivity contribution is 6.13. The number of hydrazone groups is 1. The van der Waals surface area contributed by atoms with Crippen molar-refractivity contribution in [3.63, 3.8) is 0 Å². The monoisotopic (exact) mass is 369 g/mol. The summed E-state index contributed by atoms with van der Waals surface area (Å²) in [6, 6.07) is 23.7. The van der Waals surface area contributed by atoms with E-state index in [2.05, 4.69) is 16.6 Å². The average Bonchev–Trinajstić information content (AvgIpc) is 2.73. The van der Waals surface area contributed by atoms with Gasteiger partial charge >= 0.3 is 0 Å². The third kappa shape index (κ3) is 3.19. The molecule has 0 heterocycles. The van der Waals surface area contributed by atoms with Gasteiger partial charge in [0.25, 0.3) is 11.6 Å². The summed E-state index contributed by atoms with van der Waals surface area (Å²) in [5.41, 5.74) is 2.98. The van der Waals surface area contributed by atoms with Crippen molar-refractivity contribution in [3.8, 4) is 0 Å². The number of hydrogen-bond donors (Lipinski definition) is 1. The molecule has 136 valence electrons. The predicted molar refractivity (Wildman–Crippen MR) is 110 cm³/mol. The van der Waals surface area contributed by atoms with Crippen LogP contribution in [0.25, 0.3) is 21.5 Å². The van der Waals surface area contributed by atoms with Crippen LogP contribution in [-0.2, 0) is 0 Å². The summed E-state index contributed by atoms with van der Waals surface area (Å²) in [6.45, 7) is 0. The Balaban J connectivity index is 1.71. The molecule has 0 aliphatic carbocycles. The van der Waals surface area contributed by atoms with Crippen molar-refractivity contribution in [2.45, 2.75) is 0 Å². The van der Waals surface area contributed by atoms with Crippen molar-refractivity contribution in [3.05, 3.63) is 100 Å². The number of fused-ring (bicyclic) bond motifs is 2. The lowest BCUT2D eigenvalue weighted by Gasteiger charge is -2.08. The summed E-state index contributed by atoms with van der Waals surface area (Å²) < 4.78 is 0. The van der Waals surface area contributed by atoms with Crippen LogP contribution in [0.4, 0.5) is 5.69 Å². The number of nitro benzene ring substituents is 1. The van der Waals surface area contributed by atoms with Crippen LogP contribution in [0.3, 0.4) is 0 Å². The van der Waals surface area contributed by atoms with E-state index >= 15 is 0 Å². The molecule has 4 aromatic carbocycles. The van der Waals surface area contributed by atoms with Crippen molar-refractivity contribution < 1.29 is 9.72 Å². The summed E-state index contributed by atoms with van der Waals surface area (Å²) >= 11 is 0. The molecular formula is C22H15N3O3. The lowest BCUT2D eigenvalue weighted by molar-refractivity contribution is -0.385. The molecule has 0 aromatic heterocycles. The molecule has 6 heteroatoms. The highest BCUT2D eigenvalue weighted by Crippen LogP contribution is 2.27. The molecule has 4 rings (SSSR count). The normalized spacial score (nSPS) is 11.1. The third-order valence-electron chi connectivity index (χ3n) is 4.52. The van der Waals surface area contributed by atoms with Gasteiger partial charge < -0.3 is 0 Å². The van der Waals surface area contributed by atoms with E-state index in [1.807, 2.05) is 48.5 Å². The average molecular weight is 369 g/mol. The number of benzene rings is 4. The van der Waals surface area contributed by atoms with Crippen molar-refractivity contribution in [1.82, 2.24) is 5.43 Å². The SMILES string of the molecule is O=C(N/N=C/c1c2ccccc2cc2ccccc12)c1ccccc1[N+](=O)[O-]. The van der Waals surface area contributed by atoms with Gasteiger partial charge in [-0.15, -0.1) is 0 Å². The molecule has 1 amide bonds. The van der Waals surface area contributed by atoms with Crippen molar-refractivity contribution in [2.75, 3.05) is 0 Å². The summed E-state index contributed by atoms with van der Waals surface area (Å²) in [6.07, 6.45) is 1.58. The first-order chi connectivity index (χ1) is 13.6. The Hall–Kier alpha value is -4.06. The van der Waals surface area contributed by atoms with Gasteiger partial charge in [-0.2, -0.15) is 5.10 Å². The van der Waals surface area contributed by atoms with Crippen LogP contribution in [-0.4, -0.2) is 17.0 Å². The summed E-state index contributed by atoms with van der Waals surface area (Å²) in [7, 11) is 0. The van der Waals surface area contributed by atoms with Crippen molar-refractivity contribution in [1.29, 1.82) is 0 Å². The van der Waals surface area contributed by atoms with E-state index in [9.17, 15) is 14.9 Å². The predicted octanol–water partition coefficient (Wildman–Crippen LogP) is 4.67. The maximum atomic E-state index is 12.4. The van der Waals surface area contributed by atoms with E-state index in [4.69, 9.17) is 0 Å². The van der Waals surface area contributed by atoms with E-state index in [-0.39, 0.29) is 11.3 Å². The largest absolute Gasteiger partial charge is 0.282 e. The highest BCUT2D eigenvalue weighted by Gasteiger charge is 2.18. The number of para-hydroxylation sites is 1. The second kappa shape index (κ2) is 7.28. The van der Waals surface area contributed by atoms with Crippen LogP contribution >= 0.6 is 0 Å². The fourth-order valence-electron chi connectivity index (χ4n) is 3.23. The van der Waals surface area contributed by atoms with Crippen LogP contribution in [0.2, 0.25) is 0 Å². The van der Waals surface area contributed by atoms with E-state index in [1.165, 1.54) is 18.2 Å². The smallest absolute Gasteiger partial charge is 0.267 e. The molecule has 6 nitrogen and oxygen atoms in total. The molecule has 4 aromatic rings. The maximum absolute atomic E-state index is 12.4. The Morgan fingerprint density at radius 1 is 0.893 bits per heavy atom. The van der Waals surface area contributed by atoms with Crippen LogP contribution < -0.4 is 5.43 Å². The molecule has 0 saturated heterocycles. The van der Waals surface area contributed by atoms with Crippen LogP contribution in [0.15, 0.2) is 84.0 Å². The number of carbonyl (C=O) groups is 1. The number of nitro groups is 1. The number of hydrogen-bond acceptors (Lipinski definition) is 4. The summed E-state index contributed by atoms with van der Waals surface area (Å²) in [4.78, 5) is 22.9. The molecule has 0 spiro atoms. The minimum Gasteiger partial charge on any atom is -0.267 e. The Morgan fingerprint density at radius 2 is 1.46 bits per heavy atom. The quantitative estimate of drug-likeness (QED) is 0.246. The Bertz CT molecular complexity index is 1190. The van der Waals surface area contributed by atoms with E-state index in [1.54, 1.807) is 12.3 Å². The molecule has 0 radical (unpaired) electrons. The van der Waals surface area contributed by atoms with E-state index < -0.39 is 10.8 Å². The third-order valence-corrected chi connectivity index (χ3v) is 4.52. The minimum absolute atomic E-state index is 0.0348. The van der Waals surface area contributed by atoms with Crippen LogP contribution in [0, 0.1) is 10.1 Å². The fourth-order valence-corrected chi connectivity index (χ4v) is 3.23. The first-order valence-corrected chi connectivity index (χ1v) is 8.62. The molecule has 0 saturated carbocycles.